The molecule has 0 radical (unpaired) electrons. The van der Waals surface area contributed by atoms with Crippen molar-refractivity contribution in [2.24, 2.45) is 0 Å². The van der Waals surface area contributed by atoms with Crippen LogP contribution in [0.5, 0.6) is 0 Å². The van der Waals surface area contributed by atoms with Gasteiger partial charge in [0.15, 0.2) is 0 Å². The number of hydrogen-bond acceptors (Lipinski definition) is 2. The third kappa shape index (κ3) is 3.43. The van der Waals surface area contributed by atoms with Crippen LogP contribution >= 0.6 is 0 Å². The van der Waals surface area contributed by atoms with Gasteiger partial charge in [-0.15, -0.1) is 0 Å². The van der Waals surface area contributed by atoms with Crippen molar-refractivity contribution in [3.63, 3.8) is 0 Å². The first-order chi connectivity index (χ1) is 6.53. The van der Waals surface area contributed by atoms with Gasteiger partial charge < -0.3 is 0 Å². The summed E-state index contributed by atoms with van der Waals surface area (Å²) in [6, 6.07) is 5.70. The normalized spacial score (nSPS) is 11.6. The van der Waals surface area contributed by atoms with Crippen LogP contribution in [0.15, 0.2) is 24.3 Å². The Balaban J connectivity index is 2.59. The maximum Gasteiger partial charge on any atom is 0.211 e. The minimum absolute atomic E-state index is 0.0498. The summed E-state index contributed by atoms with van der Waals surface area (Å²) in [5, 5.41) is 0. The number of benzene rings is 1. The minimum atomic E-state index is -3.17. The van der Waals surface area contributed by atoms with E-state index in [0.29, 0.717) is 0 Å². The van der Waals surface area contributed by atoms with Gasteiger partial charge in [-0.05, 0) is 24.6 Å². The summed E-state index contributed by atoms with van der Waals surface area (Å²) < 4.78 is 37.0. The quantitative estimate of drug-likeness (QED) is 0.825. The molecule has 1 aromatic rings. The Kier molecular flexibility index (Phi) is 3.60. The molecule has 0 fully saturated rings. The molecule has 1 aromatic carbocycles. The highest BCUT2D eigenvalue weighted by molar-refractivity contribution is 7.89. The summed E-state index contributed by atoms with van der Waals surface area (Å²) in [6.07, 6.45) is 0. The molecule has 0 saturated carbocycles. The lowest BCUT2D eigenvalue weighted by atomic mass is 10.2. The highest BCUT2D eigenvalue weighted by Gasteiger charge is 2.05. The maximum absolute atomic E-state index is 12.5. The lowest BCUT2D eigenvalue weighted by Gasteiger charge is -2.03. The van der Waals surface area contributed by atoms with Crippen LogP contribution < -0.4 is 4.72 Å². The van der Waals surface area contributed by atoms with E-state index in [-0.39, 0.29) is 18.1 Å². The average molecular weight is 217 g/mol. The van der Waals surface area contributed by atoms with Crippen molar-refractivity contribution in [1.29, 1.82) is 0 Å². The van der Waals surface area contributed by atoms with E-state index in [2.05, 4.69) is 4.72 Å². The molecule has 14 heavy (non-hydrogen) atoms. The molecule has 0 spiro atoms. The van der Waals surface area contributed by atoms with Crippen LogP contribution in [0.2, 0.25) is 0 Å². The van der Waals surface area contributed by atoms with Gasteiger partial charge >= 0.3 is 0 Å². The van der Waals surface area contributed by atoms with Crippen molar-refractivity contribution < 1.29 is 12.8 Å². The van der Waals surface area contributed by atoms with Crippen molar-refractivity contribution in [3.05, 3.63) is 35.6 Å². The summed E-state index contributed by atoms with van der Waals surface area (Å²) in [7, 11) is -3.17. The predicted octanol–water partition coefficient (Wildman–Crippen LogP) is 1.26. The molecule has 0 heterocycles. The maximum atomic E-state index is 12.5. The average Bonchev–Trinajstić information content (AvgIpc) is 2.17. The fraction of sp³-hybridized carbons (Fsp3) is 0.333. The van der Waals surface area contributed by atoms with Gasteiger partial charge in [0.2, 0.25) is 10.0 Å². The SMILES string of the molecule is CCS(=O)(=O)NCc1ccc(F)cc1. The highest BCUT2D eigenvalue weighted by atomic mass is 32.2. The van der Waals surface area contributed by atoms with Gasteiger partial charge in [0.05, 0.1) is 5.75 Å². The molecule has 0 amide bonds. The van der Waals surface area contributed by atoms with Gasteiger partial charge in [0.25, 0.3) is 0 Å². The molecule has 78 valence electrons. The Morgan fingerprint density at radius 1 is 1.29 bits per heavy atom. The predicted molar refractivity (Wildman–Crippen MR) is 52.7 cm³/mol. The summed E-state index contributed by atoms with van der Waals surface area (Å²) >= 11 is 0. The molecule has 0 aliphatic heterocycles. The van der Waals surface area contributed by atoms with E-state index in [0.717, 1.165) is 5.56 Å². The zero-order valence-corrected chi connectivity index (χ0v) is 8.64. The monoisotopic (exact) mass is 217 g/mol. The van der Waals surface area contributed by atoms with Crippen LogP contribution in [0.25, 0.3) is 0 Å². The number of sulfonamides is 1. The second-order valence-electron chi connectivity index (χ2n) is 2.85. The lowest BCUT2D eigenvalue weighted by Crippen LogP contribution is -2.24. The second kappa shape index (κ2) is 4.52. The fourth-order valence-electron chi connectivity index (χ4n) is 0.898. The smallest absolute Gasteiger partial charge is 0.211 e. The van der Waals surface area contributed by atoms with Crippen LogP contribution in [-0.2, 0) is 16.6 Å². The Bertz CT molecular complexity index is 386. The molecule has 5 heteroatoms. The van der Waals surface area contributed by atoms with E-state index in [9.17, 15) is 12.8 Å². The number of halogens is 1. The number of nitrogens with one attached hydrogen (secondary N) is 1. The molecule has 1 rings (SSSR count). The van der Waals surface area contributed by atoms with Crippen LogP contribution in [0.1, 0.15) is 12.5 Å². The van der Waals surface area contributed by atoms with E-state index < -0.39 is 10.0 Å². The molecule has 0 unspecified atom stereocenters. The summed E-state index contributed by atoms with van der Waals surface area (Å²) in [5.74, 6) is -0.277. The first-order valence-corrected chi connectivity index (χ1v) is 5.90. The third-order valence-corrected chi connectivity index (χ3v) is 3.13. The number of rotatable bonds is 4. The molecule has 1 N–H and O–H groups in total. The van der Waals surface area contributed by atoms with Gasteiger partial charge in [-0.25, -0.2) is 17.5 Å². The Labute approximate surface area is 83.0 Å². The standard InChI is InChI=1S/C9H12FNO2S/c1-2-14(12,13)11-7-8-3-5-9(10)6-4-8/h3-6,11H,2,7H2,1H3. The number of hydrogen-bond donors (Lipinski definition) is 1. The van der Waals surface area contributed by atoms with Crippen molar-refractivity contribution in [2.75, 3.05) is 5.75 Å². The topological polar surface area (TPSA) is 46.2 Å². The lowest BCUT2D eigenvalue weighted by molar-refractivity contribution is 0.582. The van der Waals surface area contributed by atoms with Crippen molar-refractivity contribution in [1.82, 2.24) is 4.72 Å². The minimum Gasteiger partial charge on any atom is -0.212 e. The summed E-state index contributed by atoms with van der Waals surface area (Å²) in [6.45, 7) is 1.77. The van der Waals surface area contributed by atoms with Gasteiger partial charge in [-0.1, -0.05) is 12.1 Å². The van der Waals surface area contributed by atoms with E-state index >= 15 is 0 Å². The van der Waals surface area contributed by atoms with Crippen LogP contribution in [0.3, 0.4) is 0 Å². The molecule has 0 aromatic heterocycles. The summed E-state index contributed by atoms with van der Waals surface area (Å²) in [4.78, 5) is 0. The molecule has 0 atom stereocenters. The van der Waals surface area contributed by atoms with Gasteiger partial charge in [-0.2, -0.15) is 0 Å². The fourth-order valence-corrected chi connectivity index (χ4v) is 1.49. The van der Waals surface area contributed by atoms with Crippen LogP contribution in [-0.4, -0.2) is 14.2 Å². The van der Waals surface area contributed by atoms with E-state index in [1.807, 2.05) is 0 Å². The highest BCUT2D eigenvalue weighted by Crippen LogP contribution is 2.02. The van der Waals surface area contributed by atoms with Gasteiger partial charge in [0, 0.05) is 6.54 Å². The molecule has 3 nitrogen and oxygen atoms in total. The molecule has 0 aliphatic carbocycles. The molecule has 0 saturated heterocycles. The zero-order chi connectivity index (χ0) is 10.6. The van der Waals surface area contributed by atoms with Crippen LogP contribution in [0, 0.1) is 5.82 Å². The Hall–Kier alpha value is -0.940. The molecule has 0 aliphatic rings. The van der Waals surface area contributed by atoms with Crippen molar-refractivity contribution in [3.8, 4) is 0 Å². The first kappa shape index (κ1) is 11.1. The van der Waals surface area contributed by atoms with E-state index in [1.165, 1.54) is 12.1 Å². The molecular weight excluding hydrogens is 205 g/mol. The Morgan fingerprint density at radius 3 is 2.36 bits per heavy atom. The summed E-state index contributed by atoms with van der Waals surface area (Å²) in [5.41, 5.74) is 0.739. The first-order valence-electron chi connectivity index (χ1n) is 4.25. The Morgan fingerprint density at radius 2 is 1.86 bits per heavy atom. The van der Waals surface area contributed by atoms with Gasteiger partial charge in [0.1, 0.15) is 5.82 Å². The zero-order valence-electron chi connectivity index (χ0n) is 7.83. The van der Waals surface area contributed by atoms with Crippen LogP contribution in [0.4, 0.5) is 4.39 Å². The molecular formula is C9H12FNO2S. The van der Waals surface area contributed by atoms with Gasteiger partial charge in [-0.3, -0.25) is 0 Å². The third-order valence-electron chi connectivity index (χ3n) is 1.79. The van der Waals surface area contributed by atoms with Crippen molar-refractivity contribution >= 4 is 10.0 Å². The van der Waals surface area contributed by atoms with E-state index in [1.54, 1.807) is 19.1 Å². The second-order valence-corrected chi connectivity index (χ2v) is 4.95. The largest absolute Gasteiger partial charge is 0.212 e. The molecule has 0 bridgehead atoms. The van der Waals surface area contributed by atoms with Crippen molar-refractivity contribution in [2.45, 2.75) is 13.5 Å². The van der Waals surface area contributed by atoms with E-state index in [4.69, 9.17) is 0 Å².